The topological polar surface area (TPSA) is 59.8 Å². The zero-order valence-corrected chi connectivity index (χ0v) is 12.7. The highest BCUT2D eigenvalue weighted by molar-refractivity contribution is 6.05. The molecular formula is C18H16N2O3. The van der Waals surface area contributed by atoms with Crippen molar-refractivity contribution in [3.8, 4) is 11.1 Å². The number of carbonyl (C=O) groups excluding carboxylic acids is 2. The van der Waals surface area contributed by atoms with Gasteiger partial charge in [0.05, 0.1) is 17.7 Å². The summed E-state index contributed by atoms with van der Waals surface area (Å²) in [7, 11) is 0. The van der Waals surface area contributed by atoms with Crippen LogP contribution in [0.4, 0.5) is 5.69 Å². The van der Waals surface area contributed by atoms with Crippen LogP contribution in [0.5, 0.6) is 0 Å². The van der Waals surface area contributed by atoms with Crippen molar-refractivity contribution in [2.24, 2.45) is 0 Å². The highest BCUT2D eigenvalue weighted by atomic mass is 16.5. The Hall–Kier alpha value is -3.08. The van der Waals surface area contributed by atoms with E-state index in [1.54, 1.807) is 13.0 Å². The molecule has 2 heterocycles. The average Bonchev–Trinajstić information content (AvgIpc) is 2.95. The molecule has 0 atom stereocenters. The molecule has 0 bridgehead atoms. The number of fused-ring (bicyclic) bond motifs is 1. The normalized spacial score (nSPS) is 10.5. The minimum atomic E-state index is -0.357. The Bertz CT molecular complexity index is 868. The second kappa shape index (κ2) is 6.36. The van der Waals surface area contributed by atoms with Gasteiger partial charge in [-0.3, -0.25) is 4.79 Å². The molecule has 0 aliphatic heterocycles. The monoisotopic (exact) mass is 308 g/mol. The first kappa shape index (κ1) is 14.8. The predicted molar refractivity (Wildman–Crippen MR) is 88.5 cm³/mol. The fourth-order valence-corrected chi connectivity index (χ4v) is 2.60. The highest BCUT2D eigenvalue weighted by Gasteiger charge is 2.20. The molecule has 1 aromatic carbocycles. The van der Waals surface area contributed by atoms with E-state index in [2.05, 4.69) is 5.32 Å². The van der Waals surface area contributed by atoms with Crippen LogP contribution in [0.2, 0.25) is 0 Å². The summed E-state index contributed by atoms with van der Waals surface area (Å²) < 4.78 is 7.10. The Morgan fingerprint density at radius 1 is 1.26 bits per heavy atom. The molecule has 0 radical (unpaired) electrons. The number of carbonyl (C=O) groups is 2. The number of hydrogen-bond acceptors (Lipinski definition) is 3. The average molecular weight is 308 g/mol. The van der Waals surface area contributed by atoms with E-state index in [-0.39, 0.29) is 5.97 Å². The standard InChI is InChI=1S/C18H16N2O3/c1-2-23-18(22)17-15(11-20-9-4-3-8-16(17)20)13-6-5-7-14(10-13)19-12-21/h3-12H,2H2,1H3,(H,19,21). The van der Waals surface area contributed by atoms with Gasteiger partial charge in [-0.05, 0) is 36.8 Å². The molecule has 1 amide bonds. The van der Waals surface area contributed by atoms with Gasteiger partial charge in [0.2, 0.25) is 6.41 Å². The lowest BCUT2D eigenvalue weighted by atomic mass is 10.0. The third-order valence-corrected chi connectivity index (χ3v) is 3.56. The molecule has 3 rings (SSSR count). The van der Waals surface area contributed by atoms with Gasteiger partial charge in [0.1, 0.15) is 0 Å². The number of nitrogens with zero attached hydrogens (tertiary/aromatic N) is 1. The lowest BCUT2D eigenvalue weighted by Gasteiger charge is -2.06. The van der Waals surface area contributed by atoms with Crippen molar-refractivity contribution in [3.05, 3.63) is 60.4 Å². The van der Waals surface area contributed by atoms with Crippen molar-refractivity contribution in [1.29, 1.82) is 0 Å². The highest BCUT2D eigenvalue weighted by Crippen LogP contribution is 2.31. The molecule has 116 valence electrons. The maximum absolute atomic E-state index is 12.4. The molecule has 5 heteroatoms. The van der Waals surface area contributed by atoms with Crippen LogP contribution in [-0.2, 0) is 9.53 Å². The number of amides is 1. The molecule has 0 saturated carbocycles. The zero-order chi connectivity index (χ0) is 16.2. The van der Waals surface area contributed by atoms with Crippen molar-refractivity contribution >= 4 is 23.6 Å². The lowest BCUT2D eigenvalue weighted by Crippen LogP contribution is -2.05. The summed E-state index contributed by atoms with van der Waals surface area (Å²) in [5.41, 5.74) is 3.58. The number of nitrogens with one attached hydrogen (secondary N) is 1. The number of benzene rings is 1. The molecule has 0 unspecified atom stereocenters. The number of anilines is 1. The first-order chi connectivity index (χ1) is 11.2. The summed E-state index contributed by atoms with van der Waals surface area (Å²) in [4.78, 5) is 23.1. The summed E-state index contributed by atoms with van der Waals surface area (Å²) in [6.07, 6.45) is 4.40. The van der Waals surface area contributed by atoms with Gasteiger partial charge in [-0.25, -0.2) is 4.79 Å². The van der Waals surface area contributed by atoms with E-state index >= 15 is 0 Å². The van der Waals surface area contributed by atoms with Gasteiger partial charge in [-0.2, -0.15) is 0 Å². The molecule has 23 heavy (non-hydrogen) atoms. The predicted octanol–water partition coefficient (Wildman–Crippen LogP) is 3.35. The van der Waals surface area contributed by atoms with Gasteiger partial charge < -0.3 is 14.5 Å². The van der Waals surface area contributed by atoms with Crippen LogP contribution in [0.25, 0.3) is 16.6 Å². The molecule has 0 aliphatic carbocycles. The summed E-state index contributed by atoms with van der Waals surface area (Å²) in [6.45, 7) is 2.10. The Morgan fingerprint density at radius 3 is 2.91 bits per heavy atom. The maximum Gasteiger partial charge on any atom is 0.340 e. The van der Waals surface area contributed by atoms with Gasteiger partial charge in [-0.15, -0.1) is 0 Å². The zero-order valence-electron chi connectivity index (χ0n) is 12.7. The summed E-state index contributed by atoms with van der Waals surface area (Å²) >= 11 is 0. The van der Waals surface area contributed by atoms with E-state index in [1.165, 1.54) is 0 Å². The molecule has 0 saturated heterocycles. The van der Waals surface area contributed by atoms with E-state index in [0.717, 1.165) is 16.6 Å². The summed E-state index contributed by atoms with van der Waals surface area (Å²) in [5.74, 6) is -0.357. The Morgan fingerprint density at radius 2 is 2.13 bits per heavy atom. The van der Waals surface area contributed by atoms with Crippen molar-refractivity contribution in [3.63, 3.8) is 0 Å². The minimum absolute atomic E-state index is 0.315. The molecule has 0 fully saturated rings. The molecule has 1 N–H and O–H groups in total. The first-order valence-electron chi connectivity index (χ1n) is 7.32. The lowest BCUT2D eigenvalue weighted by molar-refractivity contribution is -0.105. The Balaban J connectivity index is 2.20. The fraction of sp³-hybridized carbons (Fsp3) is 0.111. The largest absolute Gasteiger partial charge is 0.462 e. The van der Waals surface area contributed by atoms with Crippen LogP contribution in [0.15, 0.2) is 54.9 Å². The van der Waals surface area contributed by atoms with Crippen molar-refractivity contribution in [2.45, 2.75) is 6.92 Å². The Kier molecular flexibility index (Phi) is 4.10. The maximum atomic E-state index is 12.4. The number of aromatic nitrogens is 1. The number of esters is 1. The van der Waals surface area contributed by atoms with Crippen molar-refractivity contribution < 1.29 is 14.3 Å². The van der Waals surface area contributed by atoms with Gasteiger partial charge in [0, 0.05) is 23.6 Å². The smallest absolute Gasteiger partial charge is 0.340 e. The number of pyridine rings is 1. The van der Waals surface area contributed by atoms with Crippen LogP contribution in [-0.4, -0.2) is 23.4 Å². The summed E-state index contributed by atoms with van der Waals surface area (Å²) in [6, 6.07) is 13.0. The third kappa shape index (κ3) is 2.81. The minimum Gasteiger partial charge on any atom is -0.462 e. The molecule has 5 nitrogen and oxygen atoms in total. The van der Waals surface area contributed by atoms with E-state index in [0.29, 0.717) is 24.3 Å². The van der Waals surface area contributed by atoms with Gasteiger partial charge in [-0.1, -0.05) is 18.2 Å². The molecule has 2 aromatic heterocycles. The van der Waals surface area contributed by atoms with E-state index in [1.807, 2.05) is 53.2 Å². The molecule has 3 aromatic rings. The van der Waals surface area contributed by atoms with E-state index in [4.69, 9.17) is 4.74 Å². The molecule has 0 spiro atoms. The van der Waals surface area contributed by atoms with Gasteiger partial charge in [0.15, 0.2) is 0 Å². The quantitative estimate of drug-likeness (QED) is 0.581. The van der Waals surface area contributed by atoms with Crippen LogP contribution in [0.3, 0.4) is 0 Å². The summed E-state index contributed by atoms with van der Waals surface area (Å²) in [5, 5.41) is 2.62. The Labute approximate surface area is 133 Å². The number of rotatable bonds is 5. The van der Waals surface area contributed by atoms with Crippen LogP contribution < -0.4 is 5.32 Å². The van der Waals surface area contributed by atoms with Crippen LogP contribution >= 0.6 is 0 Å². The van der Waals surface area contributed by atoms with Crippen LogP contribution in [0.1, 0.15) is 17.3 Å². The second-order valence-corrected chi connectivity index (χ2v) is 4.97. The first-order valence-corrected chi connectivity index (χ1v) is 7.32. The van der Waals surface area contributed by atoms with Crippen molar-refractivity contribution in [1.82, 2.24) is 4.40 Å². The van der Waals surface area contributed by atoms with Gasteiger partial charge in [0.25, 0.3) is 0 Å². The van der Waals surface area contributed by atoms with E-state index < -0.39 is 0 Å². The number of hydrogen-bond donors (Lipinski definition) is 1. The second-order valence-electron chi connectivity index (χ2n) is 4.97. The van der Waals surface area contributed by atoms with Gasteiger partial charge >= 0.3 is 5.97 Å². The molecule has 0 aliphatic rings. The van der Waals surface area contributed by atoms with E-state index in [9.17, 15) is 9.59 Å². The fourth-order valence-electron chi connectivity index (χ4n) is 2.60. The van der Waals surface area contributed by atoms with Crippen molar-refractivity contribution in [2.75, 3.05) is 11.9 Å². The third-order valence-electron chi connectivity index (χ3n) is 3.56. The molecular weight excluding hydrogens is 292 g/mol. The SMILES string of the molecule is CCOC(=O)c1c(-c2cccc(NC=O)c2)cn2ccccc12. The number of ether oxygens (including phenoxy) is 1. The van der Waals surface area contributed by atoms with Crippen LogP contribution in [0, 0.1) is 0 Å².